The molecule has 0 spiro atoms. The van der Waals surface area contributed by atoms with Crippen LogP contribution in [0.3, 0.4) is 0 Å². The van der Waals surface area contributed by atoms with Crippen molar-refractivity contribution in [2.75, 3.05) is 0 Å². The number of hydrogen-bond donors (Lipinski definition) is 0. The molecule has 9 aromatic rings. The molecule has 0 aromatic heterocycles. The summed E-state index contributed by atoms with van der Waals surface area (Å²) in [7, 11) is -3.39. The van der Waals surface area contributed by atoms with Crippen molar-refractivity contribution < 1.29 is 4.57 Å². The molecule has 0 amide bonds. The van der Waals surface area contributed by atoms with Crippen LogP contribution in [-0.2, 0) is 9.98 Å². The molecule has 0 heterocycles. The van der Waals surface area contributed by atoms with E-state index in [0.29, 0.717) is 5.84 Å². The third-order valence-electron chi connectivity index (χ3n) is 11.7. The second-order valence-corrected chi connectivity index (χ2v) is 17.7. The molecule has 0 fully saturated rings. The molecule has 3 nitrogen and oxygen atoms in total. The molecule has 0 radical (unpaired) electrons. The Bertz CT molecular complexity index is 3010. The Hall–Kier alpha value is -7.19. The van der Waals surface area contributed by atoms with Gasteiger partial charge in [-0.15, -0.1) is 0 Å². The van der Waals surface area contributed by atoms with E-state index in [9.17, 15) is 0 Å². The quantitative estimate of drug-likeness (QED) is 0.0861. The first-order valence-electron chi connectivity index (χ1n) is 19.9. The molecule has 59 heavy (non-hydrogen) atoms. The second-order valence-electron chi connectivity index (χ2n) is 14.9. The normalized spacial score (nSPS) is 13.7. The van der Waals surface area contributed by atoms with Gasteiger partial charge in [0.15, 0.2) is 13.0 Å². The largest absolute Gasteiger partial charge is 0.309 e. The maximum atomic E-state index is 16.2. The molecular weight excluding hydrogens is 736 g/mol. The van der Waals surface area contributed by atoms with Crippen LogP contribution < -0.4 is 15.9 Å². The van der Waals surface area contributed by atoms with Gasteiger partial charge in [-0.25, -0.2) is 9.98 Å². The van der Waals surface area contributed by atoms with Crippen LogP contribution in [0.1, 0.15) is 33.4 Å². The standard InChI is InChI=1S/C55H39N2OP/c1-56-54(42-19-5-2-6-20-42)57-53-50-27-15-16-28-51(50)55(45-23-7-3-8-24-45,46-25-9-4-10-26-46)52(53)41-31-33-47(34-32-41)59(58,48-35-29-39-17-11-13-21-43(39)37-48)49-36-30-40-18-12-14-22-44(40)38-49/h2-38H,1H2. The molecule has 0 N–H and O–H groups in total. The second kappa shape index (κ2) is 15.0. The highest BCUT2D eigenvalue weighted by atomic mass is 31.2. The summed E-state index contributed by atoms with van der Waals surface area (Å²) >= 11 is 0. The van der Waals surface area contributed by atoms with Crippen LogP contribution in [0.2, 0.25) is 0 Å². The Morgan fingerprint density at radius 1 is 0.458 bits per heavy atom. The van der Waals surface area contributed by atoms with Crippen LogP contribution in [-0.4, -0.2) is 12.6 Å². The fraction of sp³-hybridized carbons (Fsp3) is 0.0182. The van der Waals surface area contributed by atoms with Crippen molar-refractivity contribution >= 4 is 68.4 Å². The lowest BCUT2D eigenvalue weighted by Gasteiger charge is -2.36. The van der Waals surface area contributed by atoms with E-state index in [2.05, 4.69) is 169 Å². The first-order chi connectivity index (χ1) is 29.1. The summed E-state index contributed by atoms with van der Waals surface area (Å²) in [5.74, 6) is 0.540. The summed E-state index contributed by atoms with van der Waals surface area (Å²) < 4.78 is 16.2. The van der Waals surface area contributed by atoms with E-state index in [1.807, 2.05) is 66.7 Å². The summed E-state index contributed by atoms with van der Waals surface area (Å²) in [5, 5.41) is 6.68. The Morgan fingerprint density at radius 2 is 0.915 bits per heavy atom. The maximum Gasteiger partial charge on any atom is 0.171 e. The average molecular weight is 775 g/mol. The number of aliphatic imine (C=N–C) groups is 2. The molecule has 0 unspecified atom stereocenters. The number of amidine groups is 1. The molecule has 9 aromatic carbocycles. The van der Waals surface area contributed by atoms with Crippen molar-refractivity contribution in [3.8, 4) is 0 Å². The lowest BCUT2D eigenvalue weighted by Crippen LogP contribution is -2.29. The zero-order chi connectivity index (χ0) is 39.8. The Kier molecular flexibility index (Phi) is 9.17. The van der Waals surface area contributed by atoms with E-state index in [0.717, 1.165) is 82.1 Å². The van der Waals surface area contributed by atoms with Crippen LogP contribution in [0, 0.1) is 0 Å². The molecule has 0 atom stereocenters. The average Bonchev–Trinajstić information content (AvgIpc) is 3.61. The predicted molar refractivity (Wildman–Crippen MR) is 249 cm³/mol. The molecule has 0 saturated carbocycles. The van der Waals surface area contributed by atoms with E-state index >= 15 is 4.57 Å². The molecule has 1 aliphatic rings. The first-order valence-corrected chi connectivity index (χ1v) is 21.6. The lowest BCUT2D eigenvalue weighted by molar-refractivity contribution is 0.592. The van der Waals surface area contributed by atoms with Crippen molar-refractivity contribution in [2.24, 2.45) is 9.98 Å². The number of benzene rings is 9. The fourth-order valence-electron chi connectivity index (χ4n) is 8.99. The summed E-state index contributed by atoms with van der Waals surface area (Å²) in [6.45, 7) is 3.99. The highest BCUT2D eigenvalue weighted by Crippen LogP contribution is 2.58. The number of hydrogen-bond acceptors (Lipinski definition) is 2. The smallest absolute Gasteiger partial charge is 0.171 e. The number of rotatable bonds is 8. The van der Waals surface area contributed by atoms with Gasteiger partial charge in [0.05, 0.1) is 11.1 Å². The molecular formula is C55H39N2OP. The Morgan fingerprint density at radius 3 is 1.46 bits per heavy atom. The first kappa shape index (κ1) is 36.2. The molecule has 1 aliphatic carbocycles. The van der Waals surface area contributed by atoms with Crippen molar-refractivity contribution in [3.63, 3.8) is 0 Å². The minimum absolute atomic E-state index is 0.540. The minimum atomic E-state index is -3.39. The lowest BCUT2D eigenvalue weighted by atomic mass is 9.65. The van der Waals surface area contributed by atoms with Gasteiger partial charge in [-0.2, -0.15) is 0 Å². The van der Waals surface area contributed by atoms with Crippen molar-refractivity contribution in [1.82, 2.24) is 0 Å². The maximum absolute atomic E-state index is 16.2. The van der Waals surface area contributed by atoms with Gasteiger partial charge < -0.3 is 4.57 Å². The molecule has 0 bridgehead atoms. The third-order valence-corrected chi connectivity index (χ3v) is 14.8. The van der Waals surface area contributed by atoms with Gasteiger partial charge in [0.25, 0.3) is 0 Å². The van der Waals surface area contributed by atoms with Gasteiger partial charge in [0.2, 0.25) is 0 Å². The molecule has 0 saturated heterocycles. The van der Waals surface area contributed by atoms with Crippen molar-refractivity contribution in [1.29, 1.82) is 0 Å². The van der Waals surface area contributed by atoms with E-state index in [1.165, 1.54) is 0 Å². The van der Waals surface area contributed by atoms with E-state index < -0.39 is 12.6 Å². The van der Waals surface area contributed by atoms with Crippen molar-refractivity contribution in [3.05, 3.63) is 258 Å². The van der Waals surface area contributed by atoms with Crippen LogP contribution >= 0.6 is 7.14 Å². The van der Waals surface area contributed by atoms with Gasteiger partial charge in [-0.3, -0.25) is 0 Å². The summed E-state index contributed by atoms with van der Waals surface area (Å²) in [4.78, 5) is 9.95. The van der Waals surface area contributed by atoms with Crippen LogP contribution in [0.25, 0.3) is 32.8 Å². The third kappa shape index (κ3) is 6.02. The van der Waals surface area contributed by atoms with Crippen LogP contribution in [0.4, 0.5) is 0 Å². The minimum Gasteiger partial charge on any atom is -0.309 e. The zero-order valence-electron chi connectivity index (χ0n) is 32.3. The van der Waals surface area contributed by atoms with Gasteiger partial charge in [0, 0.05) is 32.6 Å². The number of fused-ring (bicyclic) bond motifs is 3. The number of allylic oxidation sites excluding steroid dienone is 1. The molecule has 10 rings (SSSR count). The van der Waals surface area contributed by atoms with Crippen LogP contribution in [0.15, 0.2) is 234 Å². The SMILES string of the molecule is C=NC(=NC1=C(c2ccc(P(=O)(c3ccc4ccccc4c3)c3ccc4ccccc4c3)cc2)C(c2ccccc2)(c2ccccc2)c2ccccc21)c1ccccc1. The number of nitrogens with zero attached hydrogens (tertiary/aromatic N) is 2. The van der Waals surface area contributed by atoms with Gasteiger partial charge in [-0.05, 0) is 62.6 Å². The highest BCUT2D eigenvalue weighted by Gasteiger charge is 2.48. The topological polar surface area (TPSA) is 41.8 Å². The Balaban J connectivity index is 1.25. The van der Waals surface area contributed by atoms with Gasteiger partial charge in [0.1, 0.15) is 0 Å². The van der Waals surface area contributed by atoms with Gasteiger partial charge >= 0.3 is 0 Å². The summed E-state index contributed by atoms with van der Waals surface area (Å²) in [6, 6.07) is 77.4. The van der Waals surface area contributed by atoms with E-state index in [4.69, 9.17) is 4.99 Å². The van der Waals surface area contributed by atoms with E-state index in [1.54, 1.807) is 0 Å². The molecule has 280 valence electrons. The monoisotopic (exact) mass is 774 g/mol. The van der Waals surface area contributed by atoms with Crippen molar-refractivity contribution in [2.45, 2.75) is 5.41 Å². The molecule has 4 heteroatoms. The molecule has 0 aliphatic heterocycles. The summed E-state index contributed by atoms with van der Waals surface area (Å²) in [6.07, 6.45) is 0. The Labute approximate surface area is 344 Å². The summed E-state index contributed by atoms with van der Waals surface area (Å²) in [5.41, 5.74) is 7.33. The van der Waals surface area contributed by atoms with Crippen LogP contribution in [0.5, 0.6) is 0 Å². The predicted octanol–water partition coefficient (Wildman–Crippen LogP) is 12.0. The highest BCUT2D eigenvalue weighted by molar-refractivity contribution is 7.85. The van der Waals surface area contributed by atoms with Gasteiger partial charge in [-0.1, -0.05) is 212 Å². The zero-order valence-corrected chi connectivity index (χ0v) is 33.2. The fourth-order valence-corrected chi connectivity index (χ4v) is 11.7. The van der Waals surface area contributed by atoms with E-state index in [-0.39, 0.29) is 0 Å².